The molecule has 0 aliphatic carbocycles. The van der Waals surface area contributed by atoms with Crippen LogP contribution in [0.5, 0.6) is 0 Å². The zero-order chi connectivity index (χ0) is 15.6. The molecule has 1 rings (SSSR count). The molecule has 1 atom stereocenters. The Morgan fingerprint density at radius 1 is 1.35 bits per heavy atom. The highest BCUT2D eigenvalue weighted by molar-refractivity contribution is 7.92. The van der Waals surface area contributed by atoms with Gasteiger partial charge in [0.1, 0.15) is 5.75 Å². The average molecular weight is 305 g/mol. The fraction of sp³-hybridized carbons (Fsp3) is 0.846. The van der Waals surface area contributed by atoms with Gasteiger partial charge in [0.2, 0.25) is 5.91 Å². The van der Waals surface area contributed by atoms with Crippen LogP contribution in [-0.4, -0.2) is 54.9 Å². The quantitative estimate of drug-likeness (QED) is 0.782. The van der Waals surface area contributed by atoms with Crippen LogP contribution in [0, 0.1) is 11.3 Å². The summed E-state index contributed by atoms with van der Waals surface area (Å²) in [6, 6.07) is 0. The third-order valence-electron chi connectivity index (χ3n) is 4.04. The first-order valence-corrected chi connectivity index (χ1v) is 8.68. The summed E-state index contributed by atoms with van der Waals surface area (Å²) >= 11 is 0. The number of aliphatic carboxylic acids is 1. The highest BCUT2D eigenvalue weighted by Gasteiger charge is 2.48. The van der Waals surface area contributed by atoms with Crippen molar-refractivity contribution in [2.75, 3.05) is 24.6 Å². The summed E-state index contributed by atoms with van der Waals surface area (Å²) in [5, 5.41) is 9.39. The Morgan fingerprint density at radius 3 is 2.35 bits per heavy atom. The minimum Gasteiger partial charge on any atom is -0.481 e. The summed E-state index contributed by atoms with van der Waals surface area (Å²) in [5.74, 6) is -2.04. The molecule has 1 fully saturated rings. The highest BCUT2D eigenvalue weighted by Crippen LogP contribution is 2.38. The van der Waals surface area contributed by atoms with Gasteiger partial charge in [0.15, 0.2) is 9.84 Å². The molecule has 0 saturated carbocycles. The lowest BCUT2D eigenvalue weighted by molar-refractivity contribution is -0.151. The fourth-order valence-corrected chi connectivity index (χ4v) is 3.93. The van der Waals surface area contributed by atoms with Gasteiger partial charge in [-0.05, 0) is 18.8 Å². The summed E-state index contributed by atoms with van der Waals surface area (Å²) in [7, 11) is -3.38. The van der Waals surface area contributed by atoms with Crippen LogP contribution in [0.25, 0.3) is 0 Å². The zero-order valence-corrected chi connectivity index (χ0v) is 13.1. The molecule has 1 N–H and O–H groups in total. The van der Waals surface area contributed by atoms with Crippen molar-refractivity contribution in [2.24, 2.45) is 11.3 Å². The van der Waals surface area contributed by atoms with E-state index in [4.69, 9.17) is 0 Å². The van der Waals surface area contributed by atoms with Crippen molar-refractivity contribution in [3.8, 4) is 0 Å². The van der Waals surface area contributed by atoms with Gasteiger partial charge >= 0.3 is 5.97 Å². The lowest BCUT2D eigenvalue weighted by Crippen LogP contribution is -2.42. The van der Waals surface area contributed by atoms with E-state index in [9.17, 15) is 23.1 Å². The molecule has 1 unspecified atom stereocenters. The van der Waals surface area contributed by atoms with Crippen molar-refractivity contribution in [2.45, 2.75) is 33.6 Å². The SMILES string of the molecule is CCCS(=O)(=O)CC(=O)N1CCC(C(=O)O)(C(C)C)C1. The van der Waals surface area contributed by atoms with Crippen molar-refractivity contribution in [1.82, 2.24) is 4.90 Å². The van der Waals surface area contributed by atoms with Crippen molar-refractivity contribution in [1.29, 1.82) is 0 Å². The van der Waals surface area contributed by atoms with Gasteiger partial charge in [-0.15, -0.1) is 0 Å². The second kappa shape index (κ2) is 6.11. The molecule has 6 nitrogen and oxygen atoms in total. The second-order valence-corrected chi connectivity index (χ2v) is 7.96. The average Bonchev–Trinajstić information content (AvgIpc) is 2.73. The molecule has 0 bridgehead atoms. The first-order valence-electron chi connectivity index (χ1n) is 6.86. The Labute approximate surface area is 120 Å². The van der Waals surface area contributed by atoms with E-state index in [0.717, 1.165) is 0 Å². The number of nitrogens with zero attached hydrogens (tertiary/aromatic N) is 1. The number of likely N-dealkylation sites (tertiary alicyclic amines) is 1. The number of amides is 1. The number of sulfone groups is 1. The number of hydrogen-bond donors (Lipinski definition) is 1. The van der Waals surface area contributed by atoms with Crippen molar-refractivity contribution < 1.29 is 23.1 Å². The minimum absolute atomic E-state index is 0.0131. The van der Waals surface area contributed by atoms with Crippen LogP contribution < -0.4 is 0 Å². The van der Waals surface area contributed by atoms with Crippen LogP contribution in [0.15, 0.2) is 0 Å². The second-order valence-electron chi connectivity index (χ2n) is 5.77. The van der Waals surface area contributed by atoms with Crippen LogP contribution in [0.3, 0.4) is 0 Å². The van der Waals surface area contributed by atoms with E-state index in [2.05, 4.69) is 0 Å². The van der Waals surface area contributed by atoms with Gasteiger partial charge in [-0.2, -0.15) is 0 Å². The normalized spacial score (nSPS) is 23.3. The minimum atomic E-state index is -3.38. The summed E-state index contributed by atoms with van der Waals surface area (Å²) in [4.78, 5) is 24.9. The van der Waals surface area contributed by atoms with Gasteiger partial charge in [0.25, 0.3) is 0 Å². The molecule has 1 amide bonds. The number of carboxylic acid groups (broad SMARTS) is 1. The molecule has 0 spiro atoms. The zero-order valence-electron chi connectivity index (χ0n) is 12.3. The molecule has 1 aliphatic rings. The van der Waals surface area contributed by atoms with Crippen LogP contribution >= 0.6 is 0 Å². The van der Waals surface area contributed by atoms with Crippen LogP contribution in [0.1, 0.15) is 33.6 Å². The predicted molar refractivity (Wildman–Crippen MR) is 75.0 cm³/mol. The monoisotopic (exact) mass is 305 g/mol. The molecule has 7 heteroatoms. The Morgan fingerprint density at radius 2 is 1.95 bits per heavy atom. The maximum atomic E-state index is 12.0. The van der Waals surface area contributed by atoms with Crippen LogP contribution in [-0.2, 0) is 19.4 Å². The molecule has 1 aliphatic heterocycles. The summed E-state index contributed by atoms with van der Waals surface area (Å²) < 4.78 is 23.3. The van der Waals surface area contributed by atoms with E-state index in [0.29, 0.717) is 19.4 Å². The number of hydrogen-bond acceptors (Lipinski definition) is 4. The molecule has 0 aromatic rings. The Kier molecular flexibility index (Phi) is 5.18. The molecule has 1 saturated heterocycles. The van der Waals surface area contributed by atoms with E-state index in [1.807, 2.05) is 13.8 Å². The Hall–Kier alpha value is -1.11. The topological polar surface area (TPSA) is 91.8 Å². The molecule has 116 valence electrons. The van der Waals surface area contributed by atoms with Gasteiger partial charge < -0.3 is 10.0 Å². The van der Waals surface area contributed by atoms with Crippen molar-refractivity contribution in [3.05, 3.63) is 0 Å². The lowest BCUT2D eigenvalue weighted by Gasteiger charge is -2.28. The molecule has 0 aromatic carbocycles. The summed E-state index contributed by atoms with van der Waals surface area (Å²) in [5.41, 5.74) is -0.954. The summed E-state index contributed by atoms with van der Waals surface area (Å²) in [6.45, 7) is 5.78. The predicted octanol–water partition coefficient (Wildman–Crippen LogP) is 0.770. The van der Waals surface area contributed by atoms with Crippen molar-refractivity contribution in [3.63, 3.8) is 0 Å². The third kappa shape index (κ3) is 3.50. The van der Waals surface area contributed by atoms with Crippen LogP contribution in [0.4, 0.5) is 0 Å². The van der Waals surface area contributed by atoms with Gasteiger partial charge in [-0.25, -0.2) is 8.42 Å². The number of rotatable bonds is 6. The van der Waals surface area contributed by atoms with Gasteiger partial charge in [-0.1, -0.05) is 20.8 Å². The number of carbonyl (C=O) groups excluding carboxylic acids is 1. The Balaban J connectivity index is 2.77. The number of carboxylic acids is 1. The molecule has 0 aromatic heterocycles. The molecular weight excluding hydrogens is 282 g/mol. The van der Waals surface area contributed by atoms with Gasteiger partial charge in [0, 0.05) is 13.1 Å². The number of carbonyl (C=O) groups is 2. The fourth-order valence-electron chi connectivity index (χ4n) is 2.60. The highest BCUT2D eigenvalue weighted by atomic mass is 32.2. The Bertz CT molecular complexity index is 485. The maximum Gasteiger partial charge on any atom is 0.311 e. The molecular formula is C13H23NO5S. The molecule has 0 radical (unpaired) electrons. The van der Waals surface area contributed by atoms with Crippen LogP contribution in [0.2, 0.25) is 0 Å². The standard InChI is InChI=1S/C13H23NO5S/c1-4-7-20(18,19)8-11(15)14-6-5-13(9-14,10(2)3)12(16)17/h10H,4-9H2,1-3H3,(H,16,17). The van der Waals surface area contributed by atoms with Gasteiger partial charge in [-0.3, -0.25) is 9.59 Å². The third-order valence-corrected chi connectivity index (χ3v) is 5.76. The van der Waals surface area contributed by atoms with E-state index >= 15 is 0 Å². The first-order chi connectivity index (χ1) is 9.14. The first kappa shape index (κ1) is 16.9. The largest absolute Gasteiger partial charge is 0.481 e. The molecule has 20 heavy (non-hydrogen) atoms. The lowest BCUT2D eigenvalue weighted by atomic mass is 9.76. The van der Waals surface area contributed by atoms with Crippen molar-refractivity contribution >= 4 is 21.7 Å². The van der Waals surface area contributed by atoms with E-state index in [1.165, 1.54) is 4.90 Å². The van der Waals surface area contributed by atoms with E-state index in [1.54, 1.807) is 6.92 Å². The summed E-state index contributed by atoms with van der Waals surface area (Å²) in [6.07, 6.45) is 0.847. The van der Waals surface area contributed by atoms with E-state index < -0.39 is 32.9 Å². The maximum absolute atomic E-state index is 12.0. The van der Waals surface area contributed by atoms with Gasteiger partial charge in [0.05, 0.1) is 11.2 Å². The van der Waals surface area contributed by atoms with E-state index in [-0.39, 0.29) is 18.2 Å². The smallest absolute Gasteiger partial charge is 0.311 e. The molecule has 1 heterocycles.